The Morgan fingerprint density at radius 2 is 1.87 bits per heavy atom. The van der Waals surface area contributed by atoms with Crippen molar-refractivity contribution in [3.05, 3.63) is 23.8 Å². The first-order valence-corrected chi connectivity index (χ1v) is 14.2. The lowest BCUT2D eigenvalue weighted by atomic mass is 9.43. The van der Waals surface area contributed by atoms with Gasteiger partial charge in [-0.2, -0.15) is 13.2 Å². The molecule has 8 atom stereocenters. The van der Waals surface area contributed by atoms with E-state index in [-0.39, 0.29) is 53.4 Å². The quantitative estimate of drug-likeness (QED) is 0.385. The van der Waals surface area contributed by atoms with E-state index in [1.807, 2.05) is 0 Å². The third-order valence-electron chi connectivity index (χ3n) is 11.5. The van der Waals surface area contributed by atoms with E-state index in [9.17, 15) is 26.7 Å². The van der Waals surface area contributed by atoms with E-state index in [0.717, 1.165) is 44.6 Å². The molecule has 10 heteroatoms. The Bertz CT molecular complexity index is 1260. The number of rotatable bonds is 5. The number of methoxy groups -OCH3 is 1. The van der Waals surface area contributed by atoms with E-state index in [4.69, 9.17) is 4.74 Å². The van der Waals surface area contributed by atoms with Crippen molar-refractivity contribution in [2.45, 2.75) is 77.4 Å². The standard InChI is InChI=1S/C29H36F5N3O2/c1-27-11-10-20-18(4-3-16-13-17(29(32,33)34)9-12-28(16,20)15-39-2)19(27)5-6-21(27)24(38)14-37-23-8-7-22(30)25(31)26(23)35-36-37/h7-8,16-21H,3-6,9-15H2,1-2H3/t16-,17+,18+,19+,20+,21-,27+,28-/m1/s1. The van der Waals surface area contributed by atoms with E-state index in [1.165, 1.54) is 10.7 Å². The number of fused-ring (bicyclic) bond motifs is 6. The van der Waals surface area contributed by atoms with Crippen LogP contribution in [0.4, 0.5) is 22.0 Å². The molecular weight excluding hydrogens is 517 g/mol. The lowest BCUT2D eigenvalue weighted by molar-refractivity contribution is -0.217. The van der Waals surface area contributed by atoms with Crippen LogP contribution in [0.2, 0.25) is 0 Å². The fourth-order valence-corrected chi connectivity index (χ4v) is 9.78. The van der Waals surface area contributed by atoms with Gasteiger partial charge in [-0.1, -0.05) is 12.1 Å². The molecule has 0 spiro atoms. The van der Waals surface area contributed by atoms with Crippen LogP contribution in [0.5, 0.6) is 0 Å². The fourth-order valence-electron chi connectivity index (χ4n) is 9.78. The number of ether oxygens (including phenoxy) is 1. The lowest BCUT2D eigenvalue weighted by Crippen LogP contribution is -2.57. The predicted octanol–water partition coefficient (Wildman–Crippen LogP) is 6.74. The summed E-state index contributed by atoms with van der Waals surface area (Å²) in [4.78, 5) is 13.7. The minimum absolute atomic E-state index is 0.0214. The monoisotopic (exact) mass is 553 g/mol. The van der Waals surface area contributed by atoms with Crippen LogP contribution < -0.4 is 0 Å². The molecule has 1 heterocycles. The molecule has 0 aliphatic heterocycles. The van der Waals surface area contributed by atoms with Crippen LogP contribution in [0.3, 0.4) is 0 Å². The maximum absolute atomic E-state index is 14.1. The molecule has 5 nitrogen and oxygen atoms in total. The highest BCUT2D eigenvalue weighted by Crippen LogP contribution is 2.68. The van der Waals surface area contributed by atoms with Crippen molar-refractivity contribution in [3.63, 3.8) is 0 Å². The zero-order chi connectivity index (χ0) is 27.7. The van der Waals surface area contributed by atoms with Crippen LogP contribution in [0.15, 0.2) is 12.1 Å². The Balaban J connectivity index is 1.22. The van der Waals surface area contributed by atoms with E-state index in [1.54, 1.807) is 7.11 Å². The number of hydrogen-bond acceptors (Lipinski definition) is 4. The second-order valence-corrected chi connectivity index (χ2v) is 12.9. The summed E-state index contributed by atoms with van der Waals surface area (Å²) in [5.41, 5.74) is -0.308. The number of aromatic nitrogens is 3. The molecule has 0 bridgehead atoms. The van der Waals surface area contributed by atoms with Crippen LogP contribution in [-0.2, 0) is 16.1 Å². The summed E-state index contributed by atoms with van der Waals surface area (Å²) in [5, 5.41) is 7.70. The number of alkyl halides is 3. The van der Waals surface area contributed by atoms with Gasteiger partial charge in [0.15, 0.2) is 22.9 Å². The maximum atomic E-state index is 14.1. The Morgan fingerprint density at radius 1 is 1.08 bits per heavy atom. The average molecular weight is 554 g/mol. The van der Waals surface area contributed by atoms with Crippen LogP contribution in [-0.4, -0.2) is 40.7 Å². The van der Waals surface area contributed by atoms with Crippen LogP contribution in [0.1, 0.15) is 64.7 Å². The van der Waals surface area contributed by atoms with Gasteiger partial charge in [-0.3, -0.25) is 4.79 Å². The summed E-state index contributed by atoms with van der Waals surface area (Å²) < 4.78 is 75.7. The van der Waals surface area contributed by atoms with Crippen molar-refractivity contribution in [2.75, 3.05) is 13.7 Å². The topological polar surface area (TPSA) is 57.0 Å². The number of carbonyl (C=O) groups is 1. The van der Waals surface area contributed by atoms with Crippen molar-refractivity contribution in [2.24, 2.45) is 46.3 Å². The molecule has 39 heavy (non-hydrogen) atoms. The summed E-state index contributed by atoms with van der Waals surface area (Å²) in [6, 6.07) is 2.41. The molecule has 1 aromatic carbocycles. The molecule has 0 radical (unpaired) electrons. The molecule has 0 unspecified atom stereocenters. The van der Waals surface area contributed by atoms with Gasteiger partial charge in [0.1, 0.15) is 6.54 Å². The number of halogens is 5. The van der Waals surface area contributed by atoms with Crippen LogP contribution >= 0.6 is 0 Å². The first-order chi connectivity index (χ1) is 18.5. The highest BCUT2D eigenvalue weighted by Gasteiger charge is 2.63. The molecule has 4 saturated carbocycles. The Hall–Kier alpha value is -2.10. The summed E-state index contributed by atoms with van der Waals surface area (Å²) in [5.74, 6) is -2.39. The van der Waals surface area contributed by atoms with Gasteiger partial charge in [0, 0.05) is 13.0 Å². The number of benzene rings is 1. The van der Waals surface area contributed by atoms with E-state index < -0.39 is 23.7 Å². The molecule has 214 valence electrons. The number of nitrogens with zero attached hydrogens (tertiary/aromatic N) is 3. The third kappa shape index (κ3) is 4.13. The number of hydrogen-bond donors (Lipinski definition) is 0. The molecule has 0 N–H and O–H groups in total. The minimum Gasteiger partial charge on any atom is -0.384 e. The van der Waals surface area contributed by atoms with E-state index in [0.29, 0.717) is 36.3 Å². The molecular formula is C29H36F5N3O2. The van der Waals surface area contributed by atoms with Gasteiger partial charge in [0.2, 0.25) is 0 Å². The first-order valence-electron chi connectivity index (χ1n) is 14.2. The van der Waals surface area contributed by atoms with Gasteiger partial charge < -0.3 is 4.74 Å². The van der Waals surface area contributed by atoms with Crippen molar-refractivity contribution in [1.29, 1.82) is 0 Å². The summed E-state index contributed by atoms with van der Waals surface area (Å²) in [7, 11) is 1.66. The molecule has 0 saturated heterocycles. The van der Waals surface area contributed by atoms with Gasteiger partial charge in [0.25, 0.3) is 0 Å². The highest BCUT2D eigenvalue weighted by molar-refractivity contribution is 5.84. The van der Waals surface area contributed by atoms with Crippen LogP contribution in [0, 0.1) is 58.0 Å². The van der Waals surface area contributed by atoms with Crippen molar-refractivity contribution in [1.82, 2.24) is 15.0 Å². The first kappa shape index (κ1) is 27.1. The van der Waals surface area contributed by atoms with Gasteiger partial charge in [0.05, 0.1) is 18.0 Å². The van der Waals surface area contributed by atoms with Crippen molar-refractivity contribution >= 4 is 16.8 Å². The number of Topliss-reactive ketones (excluding diaryl/α,β-unsaturated/α-hetero) is 1. The molecule has 1 aromatic heterocycles. The Labute approximate surface area is 224 Å². The average Bonchev–Trinajstić information content (AvgIpc) is 3.46. The maximum Gasteiger partial charge on any atom is 0.391 e. The molecule has 4 aliphatic carbocycles. The van der Waals surface area contributed by atoms with Gasteiger partial charge >= 0.3 is 6.18 Å². The van der Waals surface area contributed by atoms with E-state index >= 15 is 0 Å². The Kier molecular flexibility index (Phi) is 6.59. The number of carbonyl (C=O) groups excluding carboxylic acids is 1. The van der Waals surface area contributed by atoms with Crippen molar-refractivity contribution in [3.8, 4) is 0 Å². The van der Waals surface area contributed by atoms with Gasteiger partial charge in [-0.05, 0) is 104 Å². The van der Waals surface area contributed by atoms with Gasteiger partial charge in [-0.15, -0.1) is 5.10 Å². The van der Waals surface area contributed by atoms with Crippen molar-refractivity contribution < 1.29 is 31.5 Å². The van der Waals surface area contributed by atoms with E-state index in [2.05, 4.69) is 17.2 Å². The van der Waals surface area contributed by atoms with Gasteiger partial charge in [-0.25, -0.2) is 13.5 Å². The minimum atomic E-state index is -4.14. The fraction of sp³-hybridized carbons (Fsp3) is 0.759. The summed E-state index contributed by atoms with van der Waals surface area (Å²) in [6.07, 6.45) is 1.92. The third-order valence-corrected chi connectivity index (χ3v) is 11.5. The zero-order valence-electron chi connectivity index (χ0n) is 22.4. The largest absolute Gasteiger partial charge is 0.391 e. The molecule has 2 aromatic rings. The highest BCUT2D eigenvalue weighted by atomic mass is 19.4. The SMILES string of the molecule is COC[C@]12CC[C@H](C(F)(F)F)C[C@H]1CC[C@H]1[C@@H]3CC[C@H](C(=O)Cn4nnc5c(F)c(F)ccc54)[C@@]3(C)CC[C@@H]12. The molecule has 4 aliphatic rings. The second-order valence-electron chi connectivity index (χ2n) is 12.9. The second kappa shape index (κ2) is 9.48. The normalized spacial score (nSPS) is 38.3. The molecule has 6 rings (SSSR count). The zero-order valence-corrected chi connectivity index (χ0v) is 22.4. The molecule has 0 amide bonds. The Morgan fingerprint density at radius 3 is 2.62 bits per heavy atom. The predicted molar refractivity (Wildman–Crippen MR) is 133 cm³/mol. The smallest absolute Gasteiger partial charge is 0.384 e. The summed E-state index contributed by atoms with van der Waals surface area (Å²) in [6.45, 7) is 2.68. The molecule has 4 fully saturated rings. The lowest BCUT2D eigenvalue weighted by Gasteiger charge is -2.62. The number of ketones is 1. The van der Waals surface area contributed by atoms with Crippen LogP contribution in [0.25, 0.3) is 11.0 Å². The summed E-state index contributed by atoms with van der Waals surface area (Å²) >= 11 is 0.